The van der Waals surface area contributed by atoms with Gasteiger partial charge in [0.15, 0.2) is 0 Å². The largest absolute Gasteiger partial charge is 0.117 e. The van der Waals surface area contributed by atoms with Gasteiger partial charge in [0.25, 0.3) is 0 Å². The molecule has 0 nitrogen and oxygen atoms in total. The Morgan fingerprint density at radius 3 is 2.56 bits per heavy atom. The van der Waals surface area contributed by atoms with Gasteiger partial charge in [0.2, 0.25) is 0 Å². The second-order valence-electron chi connectivity index (χ2n) is 5.60. The molecule has 16 heavy (non-hydrogen) atoms. The highest BCUT2D eigenvalue weighted by molar-refractivity contribution is 6.21. The first-order valence-corrected chi connectivity index (χ1v) is 6.83. The summed E-state index contributed by atoms with van der Waals surface area (Å²) in [4.78, 5) is 0. The molecule has 0 saturated heterocycles. The van der Waals surface area contributed by atoms with Gasteiger partial charge in [-0.3, -0.25) is 0 Å². The van der Waals surface area contributed by atoms with Gasteiger partial charge in [-0.05, 0) is 55.6 Å². The van der Waals surface area contributed by atoms with E-state index in [0.717, 1.165) is 17.8 Å². The van der Waals surface area contributed by atoms with Crippen LogP contribution < -0.4 is 0 Å². The molecule has 86 valence electrons. The Kier molecular flexibility index (Phi) is 2.51. The molecule has 0 aromatic heterocycles. The number of aryl methyl sites for hydroxylation is 2. The topological polar surface area (TPSA) is 0 Å². The lowest BCUT2D eigenvalue weighted by Crippen LogP contribution is -2.01. The highest BCUT2D eigenvalue weighted by Gasteiger charge is 2.55. The predicted molar refractivity (Wildman–Crippen MR) is 68.8 cm³/mol. The maximum atomic E-state index is 6.68. The number of halogens is 1. The lowest BCUT2D eigenvalue weighted by Gasteiger charge is -2.15. The molecule has 3 unspecified atom stereocenters. The van der Waals surface area contributed by atoms with Crippen molar-refractivity contribution in [1.82, 2.24) is 0 Å². The third-order valence-electron chi connectivity index (χ3n) is 4.54. The molecule has 2 aliphatic carbocycles. The van der Waals surface area contributed by atoms with Crippen molar-refractivity contribution in [2.24, 2.45) is 17.8 Å². The zero-order chi connectivity index (χ0) is 11.3. The molecule has 2 fully saturated rings. The van der Waals surface area contributed by atoms with Crippen LogP contribution in [0.2, 0.25) is 0 Å². The fourth-order valence-electron chi connectivity index (χ4n) is 3.58. The molecular weight excluding hydrogens is 216 g/mol. The SMILES string of the molecule is Cc1ccc(C)c(C(Cl)C2C3CCCC32)c1. The van der Waals surface area contributed by atoms with E-state index in [4.69, 9.17) is 11.6 Å². The summed E-state index contributed by atoms with van der Waals surface area (Å²) in [6.45, 7) is 4.34. The van der Waals surface area contributed by atoms with E-state index >= 15 is 0 Å². The van der Waals surface area contributed by atoms with Crippen molar-refractivity contribution in [2.75, 3.05) is 0 Å². The molecule has 0 radical (unpaired) electrons. The molecular formula is C15H19Cl. The van der Waals surface area contributed by atoms with Crippen LogP contribution in [-0.4, -0.2) is 0 Å². The normalized spacial score (nSPS) is 33.6. The van der Waals surface area contributed by atoms with E-state index in [1.54, 1.807) is 0 Å². The van der Waals surface area contributed by atoms with Crippen molar-refractivity contribution >= 4 is 11.6 Å². The molecule has 2 aliphatic rings. The smallest absolute Gasteiger partial charge is 0.0621 e. The van der Waals surface area contributed by atoms with Gasteiger partial charge >= 0.3 is 0 Å². The Bertz CT molecular complexity index is 400. The Balaban J connectivity index is 1.84. The van der Waals surface area contributed by atoms with Gasteiger partial charge in [0.05, 0.1) is 5.38 Å². The Morgan fingerprint density at radius 2 is 1.88 bits per heavy atom. The molecule has 3 atom stereocenters. The first-order valence-electron chi connectivity index (χ1n) is 6.39. The summed E-state index contributed by atoms with van der Waals surface area (Å²) in [5, 5.41) is 0.259. The van der Waals surface area contributed by atoms with E-state index in [1.807, 2.05) is 0 Å². The van der Waals surface area contributed by atoms with E-state index < -0.39 is 0 Å². The van der Waals surface area contributed by atoms with E-state index in [0.29, 0.717) is 0 Å². The highest BCUT2D eigenvalue weighted by atomic mass is 35.5. The van der Waals surface area contributed by atoms with Crippen molar-refractivity contribution in [3.8, 4) is 0 Å². The van der Waals surface area contributed by atoms with Crippen LogP contribution in [0.3, 0.4) is 0 Å². The molecule has 0 spiro atoms. The first kappa shape index (κ1) is 10.7. The molecule has 0 heterocycles. The number of benzene rings is 1. The predicted octanol–water partition coefficient (Wildman–Crippen LogP) is 4.63. The van der Waals surface area contributed by atoms with Gasteiger partial charge < -0.3 is 0 Å². The molecule has 0 N–H and O–H groups in total. The summed E-state index contributed by atoms with van der Waals surface area (Å²) in [5.41, 5.74) is 4.06. The van der Waals surface area contributed by atoms with Gasteiger partial charge in [-0.2, -0.15) is 0 Å². The standard InChI is InChI=1S/C15H19Cl/c1-9-6-7-10(2)13(8-9)15(16)14-11-4-3-5-12(11)14/h6-8,11-12,14-15H,3-5H2,1-2H3. The zero-order valence-corrected chi connectivity index (χ0v) is 10.8. The number of rotatable bonds is 2. The van der Waals surface area contributed by atoms with Crippen LogP contribution in [0.4, 0.5) is 0 Å². The molecule has 0 amide bonds. The Hall–Kier alpha value is -0.490. The van der Waals surface area contributed by atoms with Crippen molar-refractivity contribution in [3.63, 3.8) is 0 Å². The van der Waals surface area contributed by atoms with Crippen molar-refractivity contribution in [3.05, 3.63) is 34.9 Å². The molecule has 2 saturated carbocycles. The van der Waals surface area contributed by atoms with Crippen LogP contribution in [0.5, 0.6) is 0 Å². The van der Waals surface area contributed by atoms with Crippen LogP contribution >= 0.6 is 11.6 Å². The number of hydrogen-bond donors (Lipinski definition) is 0. The van der Waals surface area contributed by atoms with Gasteiger partial charge in [-0.15, -0.1) is 11.6 Å². The molecule has 3 rings (SSSR count). The van der Waals surface area contributed by atoms with E-state index in [-0.39, 0.29) is 5.38 Å². The maximum absolute atomic E-state index is 6.68. The fourth-order valence-corrected chi connectivity index (χ4v) is 4.18. The number of alkyl halides is 1. The third-order valence-corrected chi connectivity index (χ3v) is 5.07. The number of fused-ring (bicyclic) bond motifs is 1. The van der Waals surface area contributed by atoms with Crippen LogP contribution in [-0.2, 0) is 0 Å². The van der Waals surface area contributed by atoms with Crippen LogP contribution in [0, 0.1) is 31.6 Å². The van der Waals surface area contributed by atoms with Gasteiger partial charge in [0, 0.05) is 0 Å². The fraction of sp³-hybridized carbons (Fsp3) is 0.600. The third kappa shape index (κ3) is 1.59. The van der Waals surface area contributed by atoms with E-state index in [1.165, 1.54) is 36.0 Å². The van der Waals surface area contributed by atoms with Crippen LogP contribution in [0.1, 0.15) is 41.3 Å². The molecule has 1 aromatic rings. The second-order valence-corrected chi connectivity index (χ2v) is 6.07. The van der Waals surface area contributed by atoms with Gasteiger partial charge in [-0.25, -0.2) is 0 Å². The van der Waals surface area contributed by atoms with E-state index in [9.17, 15) is 0 Å². The summed E-state index contributed by atoms with van der Waals surface area (Å²) in [5.74, 6) is 2.67. The van der Waals surface area contributed by atoms with Crippen molar-refractivity contribution in [1.29, 1.82) is 0 Å². The summed E-state index contributed by atoms with van der Waals surface area (Å²) in [6.07, 6.45) is 4.27. The minimum absolute atomic E-state index is 0.259. The lowest BCUT2D eigenvalue weighted by molar-refractivity contribution is 0.572. The molecule has 0 bridgehead atoms. The number of hydrogen-bond acceptors (Lipinski definition) is 0. The Labute approximate surface area is 103 Å². The minimum atomic E-state index is 0.259. The first-order chi connectivity index (χ1) is 7.68. The van der Waals surface area contributed by atoms with Crippen LogP contribution in [0.15, 0.2) is 18.2 Å². The second kappa shape index (κ2) is 3.77. The average Bonchev–Trinajstić information content (AvgIpc) is 2.74. The Morgan fingerprint density at radius 1 is 1.19 bits per heavy atom. The lowest BCUT2D eigenvalue weighted by atomic mass is 9.97. The maximum Gasteiger partial charge on any atom is 0.0621 e. The quantitative estimate of drug-likeness (QED) is 0.655. The molecule has 0 aliphatic heterocycles. The summed E-state index contributed by atoms with van der Waals surface area (Å²) >= 11 is 6.68. The average molecular weight is 235 g/mol. The van der Waals surface area contributed by atoms with E-state index in [2.05, 4.69) is 32.0 Å². The van der Waals surface area contributed by atoms with Gasteiger partial charge in [0.1, 0.15) is 0 Å². The summed E-state index contributed by atoms with van der Waals surface area (Å²) in [7, 11) is 0. The minimum Gasteiger partial charge on any atom is -0.117 e. The molecule has 1 aromatic carbocycles. The summed E-state index contributed by atoms with van der Waals surface area (Å²) < 4.78 is 0. The highest BCUT2D eigenvalue weighted by Crippen LogP contribution is 2.64. The zero-order valence-electron chi connectivity index (χ0n) is 10.0. The monoisotopic (exact) mass is 234 g/mol. The van der Waals surface area contributed by atoms with Gasteiger partial charge in [-0.1, -0.05) is 30.2 Å². The van der Waals surface area contributed by atoms with Crippen molar-refractivity contribution in [2.45, 2.75) is 38.5 Å². The molecule has 1 heteroatoms. The van der Waals surface area contributed by atoms with Crippen molar-refractivity contribution < 1.29 is 0 Å². The summed E-state index contributed by atoms with van der Waals surface area (Å²) in [6, 6.07) is 6.66. The van der Waals surface area contributed by atoms with Crippen LogP contribution in [0.25, 0.3) is 0 Å².